The fourth-order valence-electron chi connectivity index (χ4n) is 3.12. The molecule has 7 N–H and O–H groups in total. The molecule has 1 aliphatic heterocycles. The summed E-state index contributed by atoms with van der Waals surface area (Å²) in [4.78, 5) is 23.0. The molecule has 2 aromatic heterocycles. The number of hydrogen-bond donors (Lipinski definition) is 5. The van der Waals surface area contributed by atoms with Crippen molar-refractivity contribution in [2.75, 3.05) is 23.5 Å². The van der Waals surface area contributed by atoms with Gasteiger partial charge in [0.15, 0.2) is 17.7 Å². The molecule has 11 nitrogen and oxygen atoms in total. The Kier molecular flexibility index (Phi) is 6.35. The number of aliphatic hydroxyl groups excluding tert-OH is 2. The number of ether oxygens (including phenoxy) is 1. The number of hydrogen-bond acceptors (Lipinski definition) is 9. The van der Waals surface area contributed by atoms with E-state index in [1.165, 1.54) is 12.7 Å². The number of carbonyl (C=O) groups is 1. The molecule has 2 aromatic rings. The minimum atomic E-state index is -1.14. The van der Waals surface area contributed by atoms with E-state index in [0.29, 0.717) is 29.8 Å². The SMILES string of the molecule is C[S+](CC[C@H](N)C(=O)O)CC[C@H]1O[C@@H](n2cnc3c(N)ncnc32)[C@H](O)[C@@H]1O. The Balaban J connectivity index is 1.61. The lowest BCUT2D eigenvalue weighted by Gasteiger charge is -2.16. The fourth-order valence-corrected chi connectivity index (χ4v) is 4.62. The second kappa shape index (κ2) is 8.57. The summed E-state index contributed by atoms with van der Waals surface area (Å²) in [5, 5.41) is 29.7. The average molecular weight is 413 g/mol. The van der Waals surface area contributed by atoms with Gasteiger partial charge in [-0.25, -0.2) is 15.0 Å². The van der Waals surface area contributed by atoms with Crippen LogP contribution in [0.1, 0.15) is 19.1 Å². The van der Waals surface area contributed by atoms with Crippen molar-refractivity contribution in [3.05, 3.63) is 12.7 Å². The van der Waals surface area contributed by atoms with Crippen molar-refractivity contribution in [3.63, 3.8) is 0 Å². The molecule has 0 aliphatic carbocycles. The van der Waals surface area contributed by atoms with Crippen LogP contribution in [0.25, 0.3) is 11.2 Å². The molecule has 1 aliphatic rings. The van der Waals surface area contributed by atoms with Crippen molar-refractivity contribution in [2.24, 2.45) is 5.73 Å². The smallest absolute Gasteiger partial charge is 0.320 e. The molecule has 3 heterocycles. The van der Waals surface area contributed by atoms with E-state index < -0.39 is 36.6 Å². The third kappa shape index (κ3) is 4.20. The number of aliphatic hydroxyl groups is 2. The molecular formula is C16H25N6O5S+. The Morgan fingerprint density at radius 1 is 1.32 bits per heavy atom. The van der Waals surface area contributed by atoms with Gasteiger partial charge in [-0.1, -0.05) is 0 Å². The van der Waals surface area contributed by atoms with E-state index in [2.05, 4.69) is 15.0 Å². The van der Waals surface area contributed by atoms with Gasteiger partial charge in [0.05, 0.1) is 18.7 Å². The molecule has 12 heteroatoms. The number of aromatic nitrogens is 4. The summed E-state index contributed by atoms with van der Waals surface area (Å²) in [6, 6.07) is -0.863. The standard InChI is InChI=1S/C16H24N6O5S/c1-28(4-2-8(17)16(25)26)5-3-9-11(23)12(24)15(27-9)22-7-21-10-13(18)19-6-20-14(10)22/h6-9,11-12,15,23-24H,2-5,17H2,1H3,(H2-,18,19,20,25,26)/p+1/t8-,9+,11+,12+,15+,28?/m0/s1. The van der Waals surface area contributed by atoms with E-state index in [4.69, 9.17) is 21.3 Å². The van der Waals surface area contributed by atoms with Crippen molar-refractivity contribution in [1.29, 1.82) is 0 Å². The summed E-state index contributed by atoms with van der Waals surface area (Å²) in [6.45, 7) is 0. The summed E-state index contributed by atoms with van der Waals surface area (Å²) in [5.74, 6) is 0.634. The maximum atomic E-state index is 10.8. The van der Waals surface area contributed by atoms with Crippen LogP contribution in [0.5, 0.6) is 0 Å². The number of fused-ring (bicyclic) bond motifs is 1. The lowest BCUT2D eigenvalue weighted by atomic mass is 10.1. The molecule has 1 fully saturated rings. The van der Waals surface area contributed by atoms with Gasteiger partial charge in [0, 0.05) is 12.8 Å². The molecule has 0 radical (unpaired) electrons. The van der Waals surface area contributed by atoms with Crippen molar-refractivity contribution < 1.29 is 24.9 Å². The third-order valence-electron chi connectivity index (χ3n) is 4.84. The van der Waals surface area contributed by atoms with E-state index in [9.17, 15) is 15.0 Å². The highest BCUT2D eigenvalue weighted by Gasteiger charge is 2.44. The van der Waals surface area contributed by atoms with Gasteiger partial charge in [0.2, 0.25) is 0 Å². The molecule has 3 rings (SSSR count). The zero-order chi connectivity index (χ0) is 20.4. The highest BCUT2D eigenvalue weighted by Crippen LogP contribution is 2.33. The largest absolute Gasteiger partial charge is 0.480 e. The van der Waals surface area contributed by atoms with Gasteiger partial charge in [-0.15, -0.1) is 0 Å². The Hall–Kier alpha value is -1.99. The number of carboxylic acids is 1. The van der Waals surface area contributed by atoms with Crippen LogP contribution in [0, 0.1) is 0 Å². The maximum Gasteiger partial charge on any atom is 0.320 e. The van der Waals surface area contributed by atoms with Crippen molar-refractivity contribution in [3.8, 4) is 0 Å². The number of nitrogen functional groups attached to an aromatic ring is 1. The monoisotopic (exact) mass is 413 g/mol. The normalized spacial score (nSPS) is 27.1. The van der Waals surface area contributed by atoms with E-state index >= 15 is 0 Å². The number of aliphatic carboxylic acids is 1. The maximum absolute atomic E-state index is 10.8. The number of anilines is 1. The summed E-state index contributed by atoms with van der Waals surface area (Å²) < 4.78 is 7.44. The third-order valence-corrected chi connectivity index (χ3v) is 6.71. The molecule has 0 amide bonds. The molecule has 0 bridgehead atoms. The fraction of sp³-hybridized carbons (Fsp3) is 0.625. The second-order valence-corrected chi connectivity index (χ2v) is 9.22. The predicted molar refractivity (Wildman–Crippen MR) is 104 cm³/mol. The van der Waals surface area contributed by atoms with Crippen LogP contribution in [-0.4, -0.2) is 82.9 Å². The zero-order valence-electron chi connectivity index (χ0n) is 15.4. The second-order valence-electron chi connectivity index (χ2n) is 6.84. The summed E-state index contributed by atoms with van der Waals surface area (Å²) in [7, 11) is -0.0750. The first-order valence-electron chi connectivity index (χ1n) is 8.81. The number of rotatable bonds is 8. The Morgan fingerprint density at radius 2 is 2.07 bits per heavy atom. The van der Waals surface area contributed by atoms with Crippen LogP contribution in [-0.2, 0) is 20.4 Å². The quantitative estimate of drug-likeness (QED) is 0.318. The van der Waals surface area contributed by atoms with Gasteiger partial charge in [-0.3, -0.25) is 9.36 Å². The van der Waals surface area contributed by atoms with Gasteiger partial charge in [-0.2, -0.15) is 0 Å². The number of nitrogens with zero attached hydrogens (tertiary/aromatic N) is 4. The Bertz CT molecular complexity index is 835. The molecule has 1 unspecified atom stereocenters. The molecule has 0 spiro atoms. The highest BCUT2D eigenvalue weighted by atomic mass is 32.2. The molecule has 154 valence electrons. The minimum absolute atomic E-state index is 0.0750. The van der Waals surface area contributed by atoms with E-state index in [-0.39, 0.29) is 16.7 Å². The zero-order valence-corrected chi connectivity index (χ0v) is 16.2. The van der Waals surface area contributed by atoms with Crippen LogP contribution < -0.4 is 11.5 Å². The van der Waals surface area contributed by atoms with E-state index in [0.717, 1.165) is 5.75 Å². The topological polar surface area (TPSA) is 183 Å². The molecular weight excluding hydrogens is 388 g/mol. The van der Waals surface area contributed by atoms with Gasteiger partial charge in [0.25, 0.3) is 0 Å². The van der Waals surface area contributed by atoms with Crippen LogP contribution in [0.15, 0.2) is 12.7 Å². The summed E-state index contributed by atoms with van der Waals surface area (Å²) in [5.41, 5.74) is 12.1. The van der Waals surface area contributed by atoms with Crippen molar-refractivity contribution in [1.82, 2.24) is 19.5 Å². The number of imidazole rings is 1. The van der Waals surface area contributed by atoms with Gasteiger partial charge >= 0.3 is 5.97 Å². The summed E-state index contributed by atoms with van der Waals surface area (Å²) >= 11 is 0. The summed E-state index contributed by atoms with van der Waals surface area (Å²) in [6.07, 6.45) is 2.12. The first-order valence-corrected chi connectivity index (χ1v) is 10.8. The van der Waals surface area contributed by atoms with Gasteiger partial charge < -0.3 is 31.5 Å². The van der Waals surface area contributed by atoms with Gasteiger partial charge in [-0.05, 0) is 10.9 Å². The average Bonchev–Trinajstić information content (AvgIpc) is 3.21. The minimum Gasteiger partial charge on any atom is -0.480 e. The molecule has 28 heavy (non-hydrogen) atoms. The van der Waals surface area contributed by atoms with E-state index in [1.54, 1.807) is 4.57 Å². The van der Waals surface area contributed by atoms with Crippen LogP contribution in [0.4, 0.5) is 5.82 Å². The number of carboxylic acid groups (broad SMARTS) is 1. The predicted octanol–water partition coefficient (Wildman–Crippen LogP) is -1.53. The molecule has 0 aromatic carbocycles. The molecule has 1 saturated heterocycles. The van der Waals surface area contributed by atoms with Crippen LogP contribution in [0.2, 0.25) is 0 Å². The van der Waals surface area contributed by atoms with Gasteiger partial charge in [0.1, 0.15) is 41.6 Å². The first-order chi connectivity index (χ1) is 13.3. The van der Waals surface area contributed by atoms with Crippen molar-refractivity contribution in [2.45, 2.75) is 43.4 Å². The number of nitrogens with two attached hydrogens (primary N) is 2. The lowest BCUT2D eigenvalue weighted by molar-refractivity contribution is -0.138. The van der Waals surface area contributed by atoms with Crippen LogP contribution in [0.3, 0.4) is 0 Å². The van der Waals surface area contributed by atoms with E-state index in [1.807, 2.05) is 6.26 Å². The highest BCUT2D eigenvalue weighted by molar-refractivity contribution is 7.96. The molecule has 0 saturated carbocycles. The first kappa shape index (κ1) is 20.7. The Morgan fingerprint density at radius 3 is 2.79 bits per heavy atom. The Labute approximate surface area is 164 Å². The lowest BCUT2D eigenvalue weighted by Crippen LogP contribution is -2.34. The molecule has 6 atom stereocenters. The van der Waals surface area contributed by atoms with Crippen LogP contribution >= 0.6 is 0 Å². The van der Waals surface area contributed by atoms with Crippen molar-refractivity contribution >= 4 is 33.8 Å².